The van der Waals surface area contributed by atoms with Gasteiger partial charge in [0.25, 0.3) is 5.69 Å². The number of rotatable bonds is 9. The number of para-hydroxylation sites is 1. The fraction of sp³-hybridized carbons (Fsp3) is 0.350. The van der Waals surface area contributed by atoms with Gasteiger partial charge in [-0.05, 0) is 25.1 Å². The molecular formula is C20H21F3N2O7S2. The van der Waals surface area contributed by atoms with E-state index in [0.29, 0.717) is 39.5 Å². The first kappa shape index (κ1) is 27.2. The smallest absolute Gasteiger partial charge is 0.416 e. The molecule has 1 unspecified atom stereocenters. The molecule has 0 bridgehead atoms. The Hall–Kier alpha value is -3.00. The van der Waals surface area contributed by atoms with Crippen LogP contribution in [0.1, 0.15) is 18.1 Å². The number of amides is 1. The fourth-order valence-corrected chi connectivity index (χ4v) is 4.91. The SMILES string of the molecule is COc1cccc(CN(C(=O)C(C)Sc2ccc(C(F)(F)F)cc2[N+](=O)[O-])S(C)(=O)=O)c1OC. The fourth-order valence-electron chi connectivity index (χ4n) is 2.97. The van der Waals surface area contributed by atoms with E-state index in [1.54, 1.807) is 12.1 Å². The van der Waals surface area contributed by atoms with E-state index in [4.69, 9.17) is 9.47 Å². The summed E-state index contributed by atoms with van der Waals surface area (Å²) in [6, 6.07) is 6.59. The lowest BCUT2D eigenvalue weighted by Crippen LogP contribution is -2.40. The van der Waals surface area contributed by atoms with E-state index in [0.717, 1.165) is 12.3 Å². The molecule has 2 aromatic carbocycles. The molecule has 0 spiro atoms. The molecule has 1 amide bonds. The van der Waals surface area contributed by atoms with E-state index >= 15 is 0 Å². The van der Waals surface area contributed by atoms with E-state index in [9.17, 15) is 36.5 Å². The van der Waals surface area contributed by atoms with Gasteiger partial charge in [0.1, 0.15) is 0 Å². The quantitative estimate of drug-likeness (QED) is 0.275. The van der Waals surface area contributed by atoms with Crippen molar-refractivity contribution in [3.05, 3.63) is 57.6 Å². The van der Waals surface area contributed by atoms with E-state index < -0.39 is 50.1 Å². The molecule has 0 N–H and O–H groups in total. The monoisotopic (exact) mass is 522 g/mol. The van der Waals surface area contributed by atoms with Crippen LogP contribution in [0.25, 0.3) is 0 Å². The second-order valence-corrected chi connectivity index (χ2v) is 10.2. The van der Waals surface area contributed by atoms with E-state index in [2.05, 4.69) is 0 Å². The highest BCUT2D eigenvalue weighted by atomic mass is 32.2. The number of ether oxygens (including phenoxy) is 2. The molecule has 0 radical (unpaired) electrons. The third-order valence-corrected chi connectivity index (χ3v) is 6.84. The summed E-state index contributed by atoms with van der Waals surface area (Å²) in [7, 11) is -1.38. The second kappa shape index (κ2) is 10.5. The standard InChI is InChI=1S/C20H21F3N2O7S2/c1-12(33-17-9-8-14(20(21,22)23)10-15(17)25(27)28)19(26)24(34(4,29)30)11-13-6-5-7-16(31-2)18(13)32-3/h5-10,12H,11H2,1-4H3. The van der Waals surface area contributed by atoms with Gasteiger partial charge < -0.3 is 9.47 Å². The zero-order valence-electron chi connectivity index (χ0n) is 18.5. The minimum atomic E-state index is -4.79. The van der Waals surface area contributed by atoms with Crippen LogP contribution in [-0.2, 0) is 27.5 Å². The largest absolute Gasteiger partial charge is 0.493 e. The summed E-state index contributed by atoms with van der Waals surface area (Å²) in [6.45, 7) is 0.882. The summed E-state index contributed by atoms with van der Waals surface area (Å²) in [4.78, 5) is 23.2. The molecule has 2 rings (SSSR count). The number of benzene rings is 2. The average molecular weight is 523 g/mol. The minimum Gasteiger partial charge on any atom is -0.493 e. The Morgan fingerprint density at radius 1 is 1.21 bits per heavy atom. The summed E-state index contributed by atoms with van der Waals surface area (Å²) in [5.41, 5.74) is -1.75. The van der Waals surface area contributed by atoms with Crippen molar-refractivity contribution >= 4 is 33.4 Å². The highest BCUT2D eigenvalue weighted by molar-refractivity contribution is 8.00. The maximum absolute atomic E-state index is 13.1. The molecule has 0 aliphatic heterocycles. The number of carbonyl (C=O) groups is 1. The average Bonchev–Trinajstić information content (AvgIpc) is 2.75. The molecule has 34 heavy (non-hydrogen) atoms. The molecule has 9 nitrogen and oxygen atoms in total. The van der Waals surface area contributed by atoms with Crippen LogP contribution in [-0.4, -0.2) is 49.3 Å². The zero-order valence-corrected chi connectivity index (χ0v) is 20.1. The predicted molar refractivity (Wildman–Crippen MR) is 118 cm³/mol. The van der Waals surface area contributed by atoms with Gasteiger partial charge in [-0.25, -0.2) is 12.7 Å². The molecule has 0 saturated heterocycles. The Kier molecular flexibility index (Phi) is 8.42. The number of nitrogens with zero attached hydrogens (tertiary/aromatic N) is 2. The minimum absolute atomic E-state index is 0.213. The van der Waals surface area contributed by atoms with Gasteiger partial charge in [0, 0.05) is 11.6 Å². The molecule has 186 valence electrons. The number of sulfonamides is 1. The molecule has 0 fully saturated rings. The Morgan fingerprint density at radius 3 is 2.35 bits per heavy atom. The van der Waals surface area contributed by atoms with Gasteiger partial charge in [0.15, 0.2) is 11.5 Å². The first-order valence-electron chi connectivity index (χ1n) is 9.44. The van der Waals surface area contributed by atoms with Gasteiger partial charge >= 0.3 is 6.18 Å². The molecular weight excluding hydrogens is 501 g/mol. The van der Waals surface area contributed by atoms with Crippen LogP contribution < -0.4 is 9.47 Å². The highest BCUT2D eigenvalue weighted by Crippen LogP contribution is 2.39. The lowest BCUT2D eigenvalue weighted by molar-refractivity contribution is -0.388. The van der Waals surface area contributed by atoms with Gasteiger partial charge in [-0.2, -0.15) is 13.2 Å². The molecule has 0 saturated carbocycles. The summed E-state index contributed by atoms with van der Waals surface area (Å²) in [6.07, 6.45) is -3.98. The van der Waals surface area contributed by atoms with E-state index in [1.807, 2.05) is 0 Å². The van der Waals surface area contributed by atoms with Crippen LogP contribution >= 0.6 is 11.8 Å². The Morgan fingerprint density at radius 2 is 1.85 bits per heavy atom. The summed E-state index contributed by atoms with van der Waals surface area (Å²) in [5, 5.41) is 10.1. The van der Waals surface area contributed by atoms with Gasteiger partial charge in [0.2, 0.25) is 15.9 Å². The van der Waals surface area contributed by atoms with Gasteiger partial charge in [-0.15, -0.1) is 11.8 Å². The van der Waals surface area contributed by atoms with Crippen molar-refractivity contribution < 1.29 is 40.8 Å². The molecule has 1 atom stereocenters. The third kappa shape index (κ3) is 6.32. The number of methoxy groups -OCH3 is 2. The van der Waals surface area contributed by atoms with Crippen molar-refractivity contribution in [3.63, 3.8) is 0 Å². The summed E-state index contributed by atoms with van der Waals surface area (Å²) < 4.78 is 74.6. The van der Waals surface area contributed by atoms with Gasteiger partial charge in [0.05, 0.1) is 47.7 Å². The lowest BCUT2D eigenvalue weighted by atomic mass is 10.2. The number of nitro groups is 1. The third-order valence-electron chi connectivity index (χ3n) is 4.58. The van der Waals surface area contributed by atoms with Crippen molar-refractivity contribution in [3.8, 4) is 11.5 Å². The van der Waals surface area contributed by atoms with E-state index in [1.165, 1.54) is 27.2 Å². The van der Waals surface area contributed by atoms with E-state index in [-0.39, 0.29) is 10.6 Å². The van der Waals surface area contributed by atoms with Crippen molar-refractivity contribution in [1.82, 2.24) is 4.31 Å². The van der Waals surface area contributed by atoms with Crippen molar-refractivity contribution in [2.75, 3.05) is 20.5 Å². The molecule has 0 aliphatic rings. The maximum atomic E-state index is 13.1. The first-order chi connectivity index (χ1) is 15.7. The van der Waals surface area contributed by atoms with Crippen molar-refractivity contribution in [2.24, 2.45) is 0 Å². The molecule has 0 aliphatic carbocycles. The number of carbonyl (C=O) groups excluding carboxylic acids is 1. The number of hydrogen-bond donors (Lipinski definition) is 0. The van der Waals surface area contributed by atoms with Crippen LogP contribution in [0.3, 0.4) is 0 Å². The predicted octanol–water partition coefficient (Wildman–Crippen LogP) is 4.10. The number of thioether (sulfide) groups is 1. The number of nitro benzene ring substituents is 1. The van der Waals surface area contributed by atoms with Gasteiger partial charge in [-0.3, -0.25) is 14.9 Å². The second-order valence-electron chi connectivity index (χ2n) is 6.96. The lowest BCUT2D eigenvalue weighted by Gasteiger charge is -2.25. The molecule has 0 heterocycles. The zero-order chi connectivity index (χ0) is 25.8. The molecule has 2 aromatic rings. The Labute approximate surface area is 198 Å². The molecule has 0 aromatic heterocycles. The highest BCUT2D eigenvalue weighted by Gasteiger charge is 2.35. The Bertz CT molecular complexity index is 1190. The van der Waals surface area contributed by atoms with Gasteiger partial charge in [-0.1, -0.05) is 12.1 Å². The van der Waals surface area contributed by atoms with Crippen LogP contribution in [0, 0.1) is 10.1 Å². The van der Waals surface area contributed by atoms with Crippen LogP contribution in [0.15, 0.2) is 41.3 Å². The van der Waals surface area contributed by atoms with Crippen LogP contribution in [0.2, 0.25) is 0 Å². The summed E-state index contributed by atoms with van der Waals surface area (Å²) in [5.74, 6) is -0.402. The van der Waals surface area contributed by atoms with Crippen molar-refractivity contribution in [2.45, 2.75) is 29.8 Å². The van der Waals surface area contributed by atoms with Crippen molar-refractivity contribution in [1.29, 1.82) is 0 Å². The molecule has 14 heteroatoms. The first-order valence-corrected chi connectivity index (χ1v) is 12.2. The maximum Gasteiger partial charge on any atom is 0.416 e. The van der Waals surface area contributed by atoms with Crippen LogP contribution in [0.5, 0.6) is 11.5 Å². The normalized spacial score (nSPS) is 12.7. The topological polar surface area (TPSA) is 116 Å². The number of alkyl halides is 3. The number of hydrogen-bond acceptors (Lipinski definition) is 8. The Balaban J connectivity index is 2.39. The van der Waals surface area contributed by atoms with Crippen LogP contribution in [0.4, 0.5) is 18.9 Å². The number of halogens is 3. The summed E-state index contributed by atoms with van der Waals surface area (Å²) >= 11 is 0.578.